The first-order valence-electron chi connectivity index (χ1n) is 9.01. The molecule has 0 spiro atoms. The number of carbonyl (C=O) groups excluding carboxylic acids is 1. The lowest BCUT2D eigenvalue weighted by Gasteiger charge is -2.31. The zero-order valence-electron chi connectivity index (χ0n) is 15.6. The molecule has 0 bridgehead atoms. The van der Waals surface area contributed by atoms with E-state index >= 15 is 0 Å². The van der Waals surface area contributed by atoms with Gasteiger partial charge in [-0.15, -0.1) is 0 Å². The van der Waals surface area contributed by atoms with Crippen molar-refractivity contribution in [2.24, 2.45) is 0 Å². The number of rotatable bonds is 6. The number of benzene rings is 2. The topological polar surface area (TPSA) is 56.1 Å². The van der Waals surface area contributed by atoms with E-state index < -0.39 is 0 Å². The Hall–Kier alpha value is -2.64. The second-order valence-corrected chi connectivity index (χ2v) is 7.35. The normalized spacial score (nSPS) is 17.2. The van der Waals surface area contributed by atoms with Gasteiger partial charge in [-0.05, 0) is 57.1 Å². The summed E-state index contributed by atoms with van der Waals surface area (Å²) in [6, 6.07) is 20.1. The summed E-state index contributed by atoms with van der Waals surface area (Å²) in [7, 11) is 4.04. The smallest absolute Gasteiger partial charge is 0.251 e. The molecule has 3 rings (SSSR count). The number of likely N-dealkylation sites (N-methyl/N-ethyl adjacent to an activating group) is 1. The lowest BCUT2D eigenvalue weighted by Crippen LogP contribution is -2.42. The van der Waals surface area contributed by atoms with Crippen LogP contribution in [-0.2, 0) is 5.41 Å². The summed E-state index contributed by atoms with van der Waals surface area (Å²) in [5.74, 6) is -0.0892. The fourth-order valence-corrected chi connectivity index (χ4v) is 3.58. The minimum absolute atomic E-state index is 0.0477. The largest absolute Gasteiger partial charge is 0.348 e. The molecular formula is C22H25N3O. The number of nitriles is 1. The predicted molar refractivity (Wildman–Crippen MR) is 103 cm³/mol. The van der Waals surface area contributed by atoms with Gasteiger partial charge in [-0.25, -0.2) is 0 Å². The Morgan fingerprint density at radius 2 is 1.73 bits per heavy atom. The van der Waals surface area contributed by atoms with Crippen LogP contribution in [0.1, 0.15) is 47.3 Å². The molecule has 1 aliphatic rings. The number of hydrogen-bond acceptors (Lipinski definition) is 3. The van der Waals surface area contributed by atoms with Crippen LogP contribution in [0, 0.1) is 11.3 Å². The molecule has 2 atom stereocenters. The number of nitrogens with one attached hydrogen (secondary N) is 1. The van der Waals surface area contributed by atoms with Gasteiger partial charge >= 0.3 is 0 Å². The van der Waals surface area contributed by atoms with E-state index in [0.29, 0.717) is 5.56 Å². The van der Waals surface area contributed by atoms with E-state index in [9.17, 15) is 10.1 Å². The number of hydrogen-bond donors (Lipinski definition) is 1. The number of amides is 1. The van der Waals surface area contributed by atoms with Crippen molar-refractivity contribution in [2.75, 3.05) is 14.1 Å². The molecule has 0 saturated heterocycles. The van der Waals surface area contributed by atoms with Crippen molar-refractivity contribution < 1.29 is 4.79 Å². The second kappa shape index (κ2) is 7.31. The summed E-state index contributed by atoms with van der Waals surface area (Å²) < 4.78 is 0. The van der Waals surface area contributed by atoms with E-state index in [1.54, 1.807) is 0 Å². The molecule has 1 saturated carbocycles. The summed E-state index contributed by atoms with van der Waals surface area (Å²) in [6.07, 6.45) is 1.82. The highest BCUT2D eigenvalue weighted by atomic mass is 16.1. The summed E-state index contributed by atoms with van der Waals surface area (Å²) in [4.78, 5) is 14.8. The van der Waals surface area contributed by atoms with Gasteiger partial charge in [-0.1, -0.05) is 42.5 Å². The van der Waals surface area contributed by atoms with Crippen LogP contribution in [0.3, 0.4) is 0 Å². The molecule has 0 radical (unpaired) electrons. The maximum atomic E-state index is 12.7. The van der Waals surface area contributed by atoms with E-state index in [-0.39, 0.29) is 23.4 Å². The zero-order chi connectivity index (χ0) is 18.7. The van der Waals surface area contributed by atoms with Crippen molar-refractivity contribution in [1.82, 2.24) is 10.2 Å². The molecular weight excluding hydrogens is 322 g/mol. The highest BCUT2D eigenvalue weighted by Gasteiger charge is 2.44. The molecule has 4 nitrogen and oxygen atoms in total. The van der Waals surface area contributed by atoms with E-state index in [0.717, 1.165) is 18.4 Å². The second-order valence-electron chi connectivity index (χ2n) is 7.35. The van der Waals surface area contributed by atoms with Gasteiger partial charge in [0.2, 0.25) is 0 Å². The molecule has 2 aromatic rings. The van der Waals surface area contributed by atoms with Crippen LogP contribution in [0.4, 0.5) is 0 Å². The van der Waals surface area contributed by atoms with E-state index in [2.05, 4.69) is 28.4 Å². The molecule has 134 valence electrons. The van der Waals surface area contributed by atoms with Crippen molar-refractivity contribution in [3.63, 3.8) is 0 Å². The van der Waals surface area contributed by atoms with E-state index in [4.69, 9.17) is 0 Å². The average Bonchev–Trinajstić information content (AvgIpc) is 3.44. The Morgan fingerprint density at radius 3 is 2.23 bits per heavy atom. The molecule has 0 heterocycles. The monoisotopic (exact) mass is 347 g/mol. The first-order chi connectivity index (χ1) is 12.5. The summed E-state index contributed by atoms with van der Waals surface area (Å²) in [6.45, 7) is 2.03. The van der Waals surface area contributed by atoms with Crippen LogP contribution < -0.4 is 5.32 Å². The first-order valence-corrected chi connectivity index (χ1v) is 9.01. The standard InChI is InChI=1S/C22H25N3O/c1-16(20(25(2)3)17-7-5-4-6-8-17)24-21(26)18-9-11-19(12-10-18)22(15-23)13-14-22/h4-12,16,20H,13-14H2,1-3H3,(H,24,26)/t16-,20+/m0/s1. The minimum Gasteiger partial charge on any atom is -0.348 e. The summed E-state index contributed by atoms with van der Waals surface area (Å²) >= 11 is 0. The molecule has 26 heavy (non-hydrogen) atoms. The van der Waals surface area contributed by atoms with Crippen LogP contribution in [-0.4, -0.2) is 30.9 Å². The molecule has 4 heteroatoms. The Balaban J connectivity index is 1.71. The predicted octanol–water partition coefficient (Wildman–Crippen LogP) is 3.66. The van der Waals surface area contributed by atoms with Gasteiger partial charge in [-0.2, -0.15) is 5.26 Å². The third-order valence-electron chi connectivity index (χ3n) is 5.19. The molecule has 1 fully saturated rings. The maximum absolute atomic E-state index is 12.7. The van der Waals surface area contributed by atoms with E-state index in [1.165, 1.54) is 5.56 Å². The lowest BCUT2D eigenvalue weighted by atomic mass is 9.96. The average molecular weight is 347 g/mol. The van der Waals surface area contributed by atoms with Crippen molar-refractivity contribution in [1.29, 1.82) is 5.26 Å². The molecule has 0 unspecified atom stereocenters. The zero-order valence-corrected chi connectivity index (χ0v) is 15.6. The first kappa shape index (κ1) is 18.2. The highest BCUT2D eigenvalue weighted by Crippen LogP contribution is 2.47. The molecule has 1 amide bonds. The molecule has 0 aromatic heterocycles. The van der Waals surface area contributed by atoms with E-state index in [1.807, 2.05) is 63.5 Å². The van der Waals surface area contributed by atoms with Gasteiger partial charge in [-0.3, -0.25) is 4.79 Å². The lowest BCUT2D eigenvalue weighted by molar-refractivity contribution is 0.0915. The van der Waals surface area contributed by atoms with Crippen LogP contribution in [0.25, 0.3) is 0 Å². The molecule has 1 N–H and O–H groups in total. The van der Waals surface area contributed by atoms with Crippen LogP contribution in [0.2, 0.25) is 0 Å². The van der Waals surface area contributed by atoms with Gasteiger partial charge in [0, 0.05) is 11.6 Å². The fourth-order valence-electron chi connectivity index (χ4n) is 3.58. The molecule has 0 aliphatic heterocycles. The Bertz CT molecular complexity index is 802. The molecule has 1 aliphatic carbocycles. The van der Waals surface area contributed by atoms with Gasteiger partial charge < -0.3 is 10.2 Å². The van der Waals surface area contributed by atoms with Gasteiger partial charge in [0.05, 0.1) is 17.5 Å². The van der Waals surface area contributed by atoms with Crippen molar-refractivity contribution in [2.45, 2.75) is 37.3 Å². The van der Waals surface area contributed by atoms with Gasteiger partial charge in [0.15, 0.2) is 0 Å². The maximum Gasteiger partial charge on any atom is 0.251 e. The van der Waals surface area contributed by atoms with Crippen molar-refractivity contribution in [3.8, 4) is 6.07 Å². The SMILES string of the molecule is C[C@H](NC(=O)c1ccc(C2(C#N)CC2)cc1)[C@H](c1ccccc1)N(C)C. The van der Waals surface area contributed by atoms with Crippen LogP contribution >= 0.6 is 0 Å². The molecule has 2 aromatic carbocycles. The summed E-state index contributed by atoms with van der Waals surface area (Å²) in [5, 5.41) is 12.4. The van der Waals surface area contributed by atoms with Crippen LogP contribution in [0.15, 0.2) is 54.6 Å². The highest BCUT2D eigenvalue weighted by molar-refractivity contribution is 5.94. The van der Waals surface area contributed by atoms with Crippen molar-refractivity contribution >= 4 is 5.91 Å². The number of carbonyl (C=O) groups is 1. The minimum atomic E-state index is -0.314. The Labute approximate surface area is 155 Å². The number of nitrogens with zero attached hydrogens (tertiary/aromatic N) is 2. The van der Waals surface area contributed by atoms with Crippen LogP contribution in [0.5, 0.6) is 0 Å². The third kappa shape index (κ3) is 3.63. The fraction of sp³-hybridized carbons (Fsp3) is 0.364. The van der Waals surface area contributed by atoms with Gasteiger partial charge in [0.25, 0.3) is 5.91 Å². The Kier molecular flexibility index (Phi) is 5.11. The quantitative estimate of drug-likeness (QED) is 0.867. The van der Waals surface area contributed by atoms with Gasteiger partial charge in [0.1, 0.15) is 0 Å². The van der Waals surface area contributed by atoms with Crippen molar-refractivity contribution in [3.05, 3.63) is 71.3 Å². The Morgan fingerprint density at radius 1 is 1.12 bits per heavy atom. The third-order valence-corrected chi connectivity index (χ3v) is 5.19. The summed E-state index contributed by atoms with van der Waals surface area (Å²) in [5.41, 5.74) is 2.50.